The van der Waals surface area contributed by atoms with Crippen molar-refractivity contribution >= 4 is 38.9 Å². The molecule has 5 nitrogen and oxygen atoms in total. The third-order valence-corrected chi connectivity index (χ3v) is 4.40. The van der Waals surface area contributed by atoms with E-state index in [0.29, 0.717) is 11.5 Å². The molecule has 0 atom stereocenters. The Kier molecular flexibility index (Phi) is 4.77. The third-order valence-electron chi connectivity index (χ3n) is 3.88. The highest BCUT2D eigenvalue weighted by Crippen LogP contribution is 2.30. The SMILES string of the molecule is Nc1c(Nc2ccc(Br)cc2)ncnc1N1CCCCCC1. The Morgan fingerprint density at radius 1 is 1.00 bits per heavy atom. The summed E-state index contributed by atoms with van der Waals surface area (Å²) in [5.41, 5.74) is 7.88. The maximum absolute atomic E-state index is 6.30. The summed E-state index contributed by atoms with van der Waals surface area (Å²) in [5, 5.41) is 3.27. The molecule has 2 aromatic rings. The van der Waals surface area contributed by atoms with Crippen LogP contribution in [0, 0.1) is 0 Å². The zero-order valence-electron chi connectivity index (χ0n) is 12.4. The van der Waals surface area contributed by atoms with Gasteiger partial charge in [-0.1, -0.05) is 28.8 Å². The monoisotopic (exact) mass is 361 g/mol. The maximum Gasteiger partial charge on any atom is 0.159 e. The highest BCUT2D eigenvalue weighted by molar-refractivity contribution is 9.10. The molecule has 0 bridgehead atoms. The van der Waals surface area contributed by atoms with Gasteiger partial charge < -0.3 is 16.0 Å². The Balaban J connectivity index is 1.83. The molecule has 2 heterocycles. The van der Waals surface area contributed by atoms with Gasteiger partial charge in [0.05, 0.1) is 0 Å². The number of hydrogen-bond acceptors (Lipinski definition) is 5. The van der Waals surface area contributed by atoms with Gasteiger partial charge in [0.1, 0.15) is 12.0 Å². The van der Waals surface area contributed by atoms with Gasteiger partial charge in [0.15, 0.2) is 11.6 Å². The summed E-state index contributed by atoms with van der Waals surface area (Å²) >= 11 is 3.43. The average molecular weight is 362 g/mol. The first-order valence-corrected chi connectivity index (χ1v) is 8.41. The van der Waals surface area contributed by atoms with Crippen LogP contribution in [0.25, 0.3) is 0 Å². The van der Waals surface area contributed by atoms with Gasteiger partial charge in [0.2, 0.25) is 0 Å². The molecular formula is C16H20BrN5. The molecule has 1 fully saturated rings. The molecule has 1 aromatic heterocycles. The molecule has 3 rings (SSSR count). The van der Waals surface area contributed by atoms with Gasteiger partial charge >= 0.3 is 0 Å². The summed E-state index contributed by atoms with van der Waals surface area (Å²) < 4.78 is 1.04. The van der Waals surface area contributed by atoms with Gasteiger partial charge in [-0.2, -0.15) is 0 Å². The van der Waals surface area contributed by atoms with E-state index in [1.165, 1.54) is 25.7 Å². The van der Waals surface area contributed by atoms with Crippen molar-refractivity contribution in [1.29, 1.82) is 0 Å². The molecule has 0 aliphatic carbocycles. The van der Waals surface area contributed by atoms with Gasteiger partial charge in [-0.3, -0.25) is 0 Å². The van der Waals surface area contributed by atoms with Gasteiger partial charge in [-0.25, -0.2) is 9.97 Å². The van der Waals surface area contributed by atoms with Crippen LogP contribution in [0.3, 0.4) is 0 Å². The Morgan fingerprint density at radius 2 is 1.68 bits per heavy atom. The third kappa shape index (κ3) is 3.50. The van der Waals surface area contributed by atoms with Crippen LogP contribution in [0.15, 0.2) is 35.1 Å². The molecule has 1 aliphatic heterocycles. The van der Waals surface area contributed by atoms with E-state index in [-0.39, 0.29) is 0 Å². The van der Waals surface area contributed by atoms with Gasteiger partial charge in [-0.15, -0.1) is 0 Å². The van der Waals surface area contributed by atoms with Crippen LogP contribution in [0.2, 0.25) is 0 Å². The largest absolute Gasteiger partial charge is 0.393 e. The number of aromatic nitrogens is 2. The van der Waals surface area contributed by atoms with Gasteiger partial charge in [-0.05, 0) is 37.1 Å². The van der Waals surface area contributed by atoms with E-state index >= 15 is 0 Å². The first-order valence-electron chi connectivity index (χ1n) is 7.62. The second-order valence-electron chi connectivity index (χ2n) is 5.49. The van der Waals surface area contributed by atoms with E-state index in [0.717, 1.165) is 29.1 Å². The zero-order chi connectivity index (χ0) is 15.4. The lowest BCUT2D eigenvalue weighted by molar-refractivity contribution is 0.726. The van der Waals surface area contributed by atoms with E-state index in [1.807, 2.05) is 24.3 Å². The number of halogens is 1. The lowest BCUT2D eigenvalue weighted by Crippen LogP contribution is -2.26. The second kappa shape index (κ2) is 6.96. The molecule has 22 heavy (non-hydrogen) atoms. The minimum atomic E-state index is 0.618. The van der Waals surface area contributed by atoms with Gasteiger partial charge in [0.25, 0.3) is 0 Å². The minimum Gasteiger partial charge on any atom is -0.393 e. The summed E-state index contributed by atoms with van der Waals surface area (Å²) in [4.78, 5) is 11.0. The summed E-state index contributed by atoms with van der Waals surface area (Å²) in [5.74, 6) is 1.51. The fraction of sp³-hybridized carbons (Fsp3) is 0.375. The van der Waals surface area contributed by atoms with Crippen molar-refractivity contribution in [1.82, 2.24) is 9.97 Å². The van der Waals surface area contributed by atoms with Crippen molar-refractivity contribution < 1.29 is 0 Å². The molecule has 0 saturated carbocycles. The summed E-state index contributed by atoms with van der Waals surface area (Å²) in [6.07, 6.45) is 6.53. The molecule has 0 spiro atoms. The molecule has 1 aromatic carbocycles. The Labute approximate surface area is 139 Å². The van der Waals surface area contributed by atoms with Crippen molar-refractivity contribution in [3.8, 4) is 0 Å². The molecule has 1 aliphatic rings. The van der Waals surface area contributed by atoms with Crippen molar-refractivity contribution in [2.45, 2.75) is 25.7 Å². The topological polar surface area (TPSA) is 67.1 Å². The number of nitrogen functional groups attached to an aromatic ring is 1. The van der Waals surface area contributed by atoms with Crippen LogP contribution < -0.4 is 16.0 Å². The van der Waals surface area contributed by atoms with E-state index in [4.69, 9.17) is 5.73 Å². The van der Waals surface area contributed by atoms with E-state index in [9.17, 15) is 0 Å². The molecule has 116 valence electrons. The van der Waals surface area contributed by atoms with Crippen molar-refractivity contribution in [3.63, 3.8) is 0 Å². The van der Waals surface area contributed by atoms with Crippen molar-refractivity contribution in [3.05, 3.63) is 35.1 Å². The van der Waals surface area contributed by atoms with Crippen LogP contribution in [-0.2, 0) is 0 Å². The van der Waals surface area contributed by atoms with Crippen LogP contribution in [0.1, 0.15) is 25.7 Å². The number of anilines is 4. The Hall–Kier alpha value is -1.82. The fourth-order valence-electron chi connectivity index (χ4n) is 2.69. The Bertz CT molecular complexity index is 621. The number of nitrogens with zero attached hydrogens (tertiary/aromatic N) is 3. The molecule has 6 heteroatoms. The fourth-order valence-corrected chi connectivity index (χ4v) is 2.95. The lowest BCUT2D eigenvalue weighted by Gasteiger charge is -2.23. The average Bonchev–Trinajstić information content (AvgIpc) is 2.81. The Morgan fingerprint density at radius 3 is 2.36 bits per heavy atom. The number of hydrogen-bond donors (Lipinski definition) is 2. The molecular weight excluding hydrogens is 342 g/mol. The zero-order valence-corrected chi connectivity index (χ0v) is 14.0. The molecule has 0 unspecified atom stereocenters. The predicted octanol–water partition coefficient (Wildman–Crippen LogP) is 3.95. The summed E-state index contributed by atoms with van der Waals surface area (Å²) in [7, 11) is 0. The number of benzene rings is 1. The van der Waals surface area contributed by atoms with E-state index < -0.39 is 0 Å². The first-order chi connectivity index (χ1) is 10.7. The van der Waals surface area contributed by atoms with Crippen LogP contribution >= 0.6 is 15.9 Å². The van der Waals surface area contributed by atoms with Crippen molar-refractivity contribution in [2.75, 3.05) is 29.0 Å². The highest BCUT2D eigenvalue weighted by atomic mass is 79.9. The van der Waals surface area contributed by atoms with Crippen LogP contribution in [0.5, 0.6) is 0 Å². The van der Waals surface area contributed by atoms with Crippen LogP contribution in [0.4, 0.5) is 23.0 Å². The number of rotatable bonds is 3. The smallest absolute Gasteiger partial charge is 0.159 e. The van der Waals surface area contributed by atoms with Crippen LogP contribution in [-0.4, -0.2) is 23.1 Å². The maximum atomic E-state index is 6.30. The van der Waals surface area contributed by atoms with E-state index in [2.05, 4.69) is 36.1 Å². The second-order valence-corrected chi connectivity index (χ2v) is 6.41. The van der Waals surface area contributed by atoms with E-state index in [1.54, 1.807) is 6.33 Å². The minimum absolute atomic E-state index is 0.618. The lowest BCUT2D eigenvalue weighted by atomic mass is 10.2. The molecule has 0 amide bonds. The molecule has 1 saturated heterocycles. The molecule has 0 radical (unpaired) electrons. The normalized spacial score (nSPS) is 15.4. The van der Waals surface area contributed by atoms with Crippen molar-refractivity contribution in [2.24, 2.45) is 0 Å². The van der Waals surface area contributed by atoms with Gasteiger partial charge in [0, 0.05) is 23.2 Å². The predicted molar refractivity (Wildman–Crippen MR) is 94.6 cm³/mol. The highest BCUT2D eigenvalue weighted by Gasteiger charge is 2.16. The quantitative estimate of drug-likeness (QED) is 0.866. The molecule has 3 N–H and O–H groups in total. The summed E-state index contributed by atoms with van der Waals surface area (Å²) in [6, 6.07) is 7.93. The summed E-state index contributed by atoms with van der Waals surface area (Å²) in [6.45, 7) is 2.03. The number of nitrogens with one attached hydrogen (secondary N) is 1. The first kappa shape index (κ1) is 15.1. The number of nitrogens with two attached hydrogens (primary N) is 1. The standard InChI is InChI=1S/C16H20BrN5/c17-12-5-7-13(8-6-12)21-15-14(18)16(20-11-19-15)22-9-3-1-2-4-10-22/h5-8,11H,1-4,9-10,18H2,(H,19,20,21).